The number of benzene rings is 1. The number of amides is 1. The van der Waals surface area contributed by atoms with Crippen molar-refractivity contribution < 1.29 is 9.53 Å². The van der Waals surface area contributed by atoms with Gasteiger partial charge in [-0.05, 0) is 30.2 Å². The van der Waals surface area contributed by atoms with Gasteiger partial charge in [-0.15, -0.1) is 0 Å². The quantitative estimate of drug-likeness (QED) is 0.843. The molecule has 1 aromatic rings. The van der Waals surface area contributed by atoms with E-state index in [1.807, 2.05) is 0 Å². The van der Waals surface area contributed by atoms with Crippen molar-refractivity contribution in [1.29, 1.82) is 0 Å². The standard InChI is InChI=1S/C21H30N2O2/c1-15(2)18-14-25-19-13-22(11-10-16-6-4-3-5-7-16)12-17-8-9-20(24)23(18)21(17)19/h3-7,15,17-19,21H,8-14H2,1-2H3/t17-,18-,19?,21?/m1/s1. The fraction of sp³-hybridized carbons (Fsp3) is 0.667. The van der Waals surface area contributed by atoms with Gasteiger partial charge in [0.2, 0.25) is 5.91 Å². The lowest BCUT2D eigenvalue weighted by Crippen LogP contribution is -2.70. The number of rotatable bonds is 4. The lowest BCUT2D eigenvalue weighted by Gasteiger charge is -2.56. The van der Waals surface area contributed by atoms with Gasteiger partial charge in [0.15, 0.2) is 0 Å². The zero-order chi connectivity index (χ0) is 17.4. The third-order valence-corrected chi connectivity index (χ3v) is 6.30. The van der Waals surface area contributed by atoms with E-state index < -0.39 is 0 Å². The van der Waals surface area contributed by atoms with E-state index in [0.717, 1.165) is 32.5 Å². The molecule has 0 bridgehead atoms. The maximum absolute atomic E-state index is 12.6. The molecule has 1 amide bonds. The number of likely N-dealkylation sites (tertiary alicyclic amines) is 1. The third kappa shape index (κ3) is 3.34. The molecule has 4 nitrogen and oxygen atoms in total. The number of nitrogens with zero attached hydrogens (tertiary/aromatic N) is 2. The van der Waals surface area contributed by atoms with Crippen molar-refractivity contribution in [2.45, 2.75) is 51.3 Å². The topological polar surface area (TPSA) is 32.8 Å². The Morgan fingerprint density at radius 1 is 1.20 bits per heavy atom. The predicted molar refractivity (Wildman–Crippen MR) is 98.3 cm³/mol. The molecule has 25 heavy (non-hydrogen) atoms. The Bertz CT molecular complexity index is 595. The van der Waals surface area contributed by atoms with E-state index in [2.05, 4.69) is 54.0 Å². The molecule has 2 unspecified atom stereocenters. The zero-order valence-corrected chi connectivity index (χ0v) is 15.4. The molecule has 0 saturated carbocycles. The second kappa shape index (κ2) is 7.08. The van der Waals surface area contributed by atoms with Crippen molar-refractivity contribution in [3.05, 3.63) is 35.9 Å². The molecule has 0 aliphatic carbocycles. The molecule has 3 aliphatic heterocycles. The van der Waals surface area contributed by atoms with Crippen LogP contribution in [0.25, 0.3) is 0 Å². The fourth-order valence-corrected chi connectivity index (χ4v) is 4.94. The highest BCUT2D eigenvalue weighted by molar-refractivity contribution is 5.78. The third-order valence-electron chi connectivity index (χ3n) is 6.30. The molecule has 3 fully saturated rings. The van der Waals surface area contributed by atoms with Gasteiger partial charge in [0.05, 0.1) is 24.8 Å². The van der Waals surface area contributed by atoms with E-state index in [1.54, 1.807) is 0 Å². The van der Waals surface area contributed by atoms with E-state index in [9.17, 15) is 4.79 Å². The SMILES string of the molecule is CC(C)[C@H]1COC2CN(CCc3ccccc3)C[C@H]3CCC(=O)N1C23. The van der Waals surface area contributed by atoms with E-state index in [1.165, 1.54) is 5.56 Å². The van der Waals surface area contributed by atoms with Gasteiger partial charge in [0, 0.05) is 26.1 Å². The van der Waals surface area contributed by atoms with Crippen molar-refractivity contribution in [3.63, 3.8) is 0 Å². The molecule has 4 rings (SSSR count). The Hall–Kier alpha value is -1.39. The summed E-state index contributed by atoms with van der Waals surface area (Å²) < 4.78 is 6.29. The summed E-state index contributed by atoms with van der Waals surface area (Å²) in [6.07, 6.45) is 3.01. The molecule has 0 radical (unpaired) electrons. The molecule has 1 aromatic carbocycles. The Morgan fingerprint density at radius 3 is 2.76 bits per heavy atom. The van der Waals surface area contributed by atoms with Crippen LogP contribution in [0.5, 0.6) is 0 Å². The van der Waals surface area contributed by atoms with E-state index in [0.29, 0.717) is 36.8 Å². The second-order valence-electron chi connectivity index (χ2n) is 8.27. The van der Waals surface area contributed by atoms with Crippen LogP contribution >= 0.6 is 0 Å². The number of carbonyl (C=O) groups excluding carboxylic acids is 1. The highest BCUT2D eigenvalue weighted by Crippen LogP contribution is 2.38. The van der Waals surface area contributed by atoms with Gasteiger partial charge >= 0.3 is 0 Å². The van der Waals surface area contributed by atoms with Gasteiger partial charge in [-0.2, -0.15) is 0 Å². The molecular weight excluding hydrogens is 312 g/mol. The van der Waals surface area contributed by atoms with Crippen molar-refractivity contribution in [3.8, 4) is 0 Å². The molecular formula is C21H30N2O2. The Kier molecular flexibility index (Phi) is 4.83. The van der Waals surface area contributed by atoms with Crippen molar-refractivity contribution >= 4 is 5.91 Å². The molecule has 3 saturated heterocycles. The molecule has 0 aromatic heterocycles. The highest BCUT2D eigenvalue weighted by atomic mass is 16.5. The van der Waals surface area contributed by atoms with Crippen LogP contribution in [0, 0.1) is 11.8 Å². The van der Waals surface area contributed by atoms with Crippen LogP contribution in [0.2, 0.25) is 0 Å². The Morgan fingerprint density at radius 2 is 2.00 bits per heavy atom. The summed E-state index contributed by atoms with van der Waals surface area (Å²) in [5.74, 6) is 1.37. The summed E-state index contributed by atoms with van der Waals surface area (Å²) in [6, 6.07) is 11.3. The van der Waals surface area contributed by atoms with Crippen molar-refractivity contribution in [2.24, 2.45) is 11.8 Å². The fourth-order valence-electron chi connectivity index (χ4n) is 4.94. The average Bonchev–Trinajstić information content (AvgIpc) is 2.63. The van der Waals surface area contributed by atoms with Crippen LogP contribution in [0.1, 0.15) is 32.3 Å². The molecule has 3 heterocycles. The summed E-state index contributed by atoms with van der Waals surface area (Å²) in [4.78, 5) is 17.4. The maximum atomic E-state index is 12.6. The minimum atomic E-state index is 0.189. The van der Waals surface area contributed by atoms with Crippen molar-refractivity contribution in [1.82, 2.24) is 9.80 Å². The first kappa shape index (κ1) is 17.0. The second-order valence-corrected chi connectivity index (χ2v) is 8.27. The largest absolute Gasteiger partial charge is 0.373 e. The monoisotopic (exact) mass is 342 g/mol. The minimum Gasteiger partial charge on any atom is -0.373 e. The number of ether oxygens (including phenoxy) is 1. The van der Waals surface area contributed by atoms with Crippen LogP contribution < -0.4 is 0 Å². The molecule has 4 atom stereocenters. The van der Waals surface area contributed by atoms with Gasteiger partial charge in [-0.3, -0.25) is 9.69 Å². The van der Waals surface area contributed by atoms with Crippen LogP contribution in [0.15, 0.2) is 30.3 Å². The maximum Gasteiger partial charge on any atom is 0.223 e. The highest BCUT2D eigenvalue weighted by Gasteiger charge is 2.50. The summed E-state index contributed by atoms with van der Waals surface area (Å²) in [6.45, 7) is 8.26. The minimum absolute atomic E-state index is 0.189. The van der Waals surface area contributed by atoms with E-state index >= 15 is 0 Å². The van der Waals surface area contributed by atoms with Crippen molar-refractivity contribution in [2.75, 3.05) is 26.2 Å². The first-order chi connectivity index (χ1) is 12.1. The summed E-state index contributed by atoms with van der Waals surface area (Å²) in [5.41, 5.74) is 1.40. The summed E-state index contributed by atoms with van der Waals surface area (Å²) >= 11 is 0. The lowest BCUT2D eigenvalue weighted by atomic mass is 9.78. The van der Waals surface area contributed by atoms with Gasteiger partial charge < -0.3 is 9.64 Å². The van der Waals surface area contributed by atoms with Gasteiger partial charge in [-0.25, -0.2) is 0 Å². The number of piperidine rings is 2. The number of hydrogen-bond donors (Lipinski definition) is 0. The number of hydrogen-bond acceptors (Lipinski definition) is 3. The first-order valence-electron chi connectivity index (χ1n) is 9.82. The van der Waals surface area contributed by atoms with Crippen LogP contribution in [-0.2, 0) is 16.0 Å². The zero-order valence-electron chi connectivity index (χ0n) is 15.4. The van der Waals surface area contributed by atoms with Gasteiger partial charge in [0.25, 0.3) is 0 Å². The molecule has 0 spiro atoms. The van der Waals surface area contributed by atoms with Crippen LogP contribution in [0.4, 0.5) is 0 Å². The summed E-state index contributed by atoms with van der Waals surface area (Å²) in [7, 11) is 0. The first-order valence-corrected chi connectivity index (χ1v) is 9.82. The predicted octanol–water partition coefficient (Wildman–Crippen LogP) is 2.58. The Balaban J connectivity index is 1.45. The smallest absolute Gasteiger partial charge is 0.223 e. The molecule has 136 valence electrons. The van der Waals surface area contributed by atoms with Gasteiger partial charge in [0.1, 0.15) is 0 Å². The number of carbonyl (C=O) groups is 1. The lowest BCUT2D eigenvalue weighted by molar-refractivity contribution is -0.187. The van der Waals surface area contributed by atoms with Crippen LogP contribution in [-0.4, -0.2) is 60.1 Å². The average molecular weight is 342 g/mol. The van der Waals surface area contributed by atoms with E-state index in [-0.39, 0.29) is 12.1 Å². The Labute approximate surface area is 151 Å². The van der Waals surface area contributed by atoms with E-state index in [4.69, 9.17) is 4.74 Å². The normalized spacial score (nSPS) is 32.8. The molecule has 0 N–H and O–H groups in total. The number of morpholine rings is 1. The summed E-state index contributed by atoms with van der Waals surface area (Å²) in [5, 5.41) is 0. The molecule has 4 heteroatoms. The van der Waals surface area contributed by atoms with Crippen LogP contribution in [0.3, 0.4) is 0 Å². The van der Waals surface area contributed by atoms with Gasteiger partial charge in [-0.1, -0.05) is 44.2 Å². The molecule has 3 aliphatic rings.